The molecule has 0 saturated carbocycles. The van der Waals surface area contributed by atoms with Crippen LogP contribution in [0.15, 0.2) is 109 Å². The highest BCUT2D eigenvalue weighted by molar-refractivity contribution is 5.60. The molecule has 0 aliphatic carbocycles. The van der Waals surface area contributed by atoms with Crippen LogP contribution in [-0.2, 0) is 18.3 Å². The van der Waals surface area contributed by atoms with Crippen LogP contribution in [0.1, 0.15) is 66.5 Å². The fourth-order valence-corrected chi connectivity index (χ4v) is 4.89. The molecule has 0 nitrogen and oxygen atoms in total. The van der Waals surface area contributed by atoms with E-state index in [0.717, 1.165) is 12.8 Å². The van der Waals surface area contributed by atoms with Crippen LogP contribution in [0.25, 0.3) is 0 Å². The minimum absolute atomic E-state index is 0.351. The lowest BCUT2D eigenvalue weighted by Gasteiger charge is -2.37. The zero-order valence-electron chi connectivity index (χ0n) is 19.4. The Morgan fingerprint density at radius 3 is 1.25 bits per heavy atom. The van der Waals surface area contributed by atoms with E-state index in [1.54, 1.807) is 0 Å². The third-order valence-electron chi connectivity index (χ3n) is 6.55. The number of unbranched alkanes of at least 4 members (excludes halogenated alkanes) is 1. The summed E-state index contributed by atoms with van der Waals surface area (Å²) in [6.45, 7) is 4.50. The van der Waals surface area contributed by atoms with E-state index in [4.69, 9.17) is 0 Å². The Morgan fingerprint density at radius 1 is 0.438 bits per heavy atom. The van der Waals surface area contributed by atoms with Crippen molar-refractivity contribution in [2.75, 3.05) is 0 Å². The van der Waals surface area contributed by atoms with E-state index in [-0.39, 0.29) is 5.41 Å². The van der Waals surface area contributed by atoms with Gasteiger partial charge in [0, 0.05) is 0 Å². The summed E-state index contributed by atoms with van der Waals surface area (Å²) in [5.41, 5.74) is 7.71. The van der Waals surface area contributed by atoms with E-state index >= 15 is 0 Å². The first kappa shape index (κ1) is 22.1. The van der Waals surface area contributed by atoms with Crippen molar-refractivity contribution in [3.8, 4) is 0 Å². The maximum absolute atomic E-state index is 2.35. The highest BCUT2D eigenvalue weighted by Crippen LogP contribution is 2.45. The molecule has 0 N–H and O–H groups in total. The monoisotopic (exact) mass is 418 g/mol. The van der Waals surface area contributed by atoms with Crippen LogP contribution in [-0.4, -0.2) is 0 Å². The Hall–Kier alpha value is -3.12. The molecule has 0 spiro atoms. The maximum Gasteiger partial charge on any atom is 0.0701 e. The highest BCUT2D eigenvalue weighted by Gasteiger charge is 2.38. The average Bonchev–Trinajstić information content (AvgIpc) is 2.86. The third-order valence-corrected chi connectivity index (χ3v) is 6.55. The normalized spacial score (nSPS) is 11.4. The van der Waals surface area contributed by atoms with Crippen LogP contribution < -0.4 is 0 Å². The second-order valence-electron chi connectivity index (χ2n) is 8.73. The van der Waals surface area contributed by atoms with Crippen LogP contribution in [0.5, 0.6) is 0 Å². The summed E-state index contributed by atoms with van der Waals surface area (Å²) < 4.78 is 0. The first-order valence-electron chi connectivity index (χ1n) is 12.1. The van der Waals surface area contributed by atoms with Gasteiger partial charge in [-0.3, -0.25) is 0 Å². The van der Waals surface area contributed by atoms with E-state index in [0.29, 0.717) is 0 Å². The summed E-state index contributed by atoms with van der Waals surface area (Å²) >= 11 is 0. The van der Waals surface area contributed by atoms with Crippen LogP contribution in [0.2, 0.25) is 0 Å². The molecule has 0 radical (unpaired) electrons. The van der Waals surface area contributed by atoms with Crippen LogP contribution in [0.3, 0.4) is 0 Å². The lowest BCUT2D eigenvalue weighted by Crippen LogP contribution is -2.31. The topological polar surface area (TPSA) is 0 Å². The second-order valence-corrected chi connectivity index (χ2v) is 8.73. The molecule has 0 fully saturated rings. The van der Waals surface area contributed by atoms with Gasteiger partial charge in [0.25, 0.3) is 0 Å². The molecular formula is C32H34. The highest BCUT2D eigenvalue weighted by atomic mass is 14.4. The van der Waals surface area contributed by atoms with Crippen molar-refractivity contribution in [3.05, 3.63) is 143 Å². The zero-order chi connectivity index (χ0) is 22.2. The van der Waals surface area contributed by atoms with Crippen molar-refractivity contribution in [1.82, 2.24) is 0 Å². The summed E-state index contributed by atoms with van der Waals surface area (Å²) in [6.07, 6.45) is 5.90. The van der Waals surface area contributed by atoms with Gasteiger partial charge in [-0.25, -0.2) is 0 Å². The molecule has 0 heterocycles. The Kier molecular flexibility index (Phi) is 7.22. The van der Waals surface area contributed by atoms with Gasteiger partial charge >= 0.3 is 0 Å². The summed E-state index contributed by atoms with van der Waals surface area (Å²) in [7, 11) is 0. The van der Waals surface area contributed by atoms with Crippen molar-refractivity contribution >= 4 is 0 Å². The summed E-state index contributed by atoms with van der Waals surface area (Å²) in [4.78, 5) is 0. The van der Waals surface area contributed by atoms with Gasteiger partial charge in [0.2, 0.25) is 0 Å². The molecule has 4 aromatic carbocycles. The molecular weight excluding hydrogens is 384 g/mol. The van der Waals surface area contributed by atoms with E-state index in [9.17, 15) is 0 Å². The van der Waals surface area contributed by atoms with Gasteiger partial charge < -0.3 is 0 Å². The predicted octanol–water partition coefficient (Wildman–Crippen LogP) is 8.36. The van der Waals surface area contributed by atoms with E-state index in [1.807, 2.05) is 0 Å². The number of hydrogen-bond donors (Lipinski definition) is 0. The lowest BCUT2D eigenvalue weighted by molar-refractivity contribution is 0.741. The number of aryl methyl sites for hydroxylation is 2. The molecule has 4 aromatic rings. The summed E-state index contributed by atoms with van der Waals surface area (Å²) in [6, 6.07) is 40.6. The SMILES string of the molecule is CCCCc1ccc(C(c2ccccc2)(c2ccccc2)c2ccc(CCC)cc2)cc1. The van der Waals surface area contributed by atoms with Crippen molar-refractivity contribution in [2.24, 2.45) is 0 Å². The largest absolute Gasteiger partial charge is 0.0701 e. The van der Waals surface area contributed by atoms with Gasteiger partial charge in [-0.2, -0.15) is 0 Å². The van der Waals surface area contributed by atoms with Gasteiger partial charge in [-0.1, -0.05) is 136 Å². The van der Waals surface area contributed by atoms with Crippen molar-refractivity contribution < 1.29 is 0 Å². The number of rotatable bonds is 9. The van der Waals surface area contributed by atoms with Crippen LogP contribution in [0.4, 0.5) is 0 Å². The second kappa shape index (κ2) is 10.5. The molecule has 4 rings (SSSR count). The molecule has 0 bridgehead atoms. The Balaban J connectivity index is 1.95. The lowest BCUT2D eigenvalue weighted by atomic mass is 9.65. The molecule has 0 amide bonds. The average molecular weight is 419 g/mol. The van der Waals surface area contributed by atoms with E-state index in [1.165, 1.54) is 52.6 Å². The first-order chi connectivity index (χ1) is 15.8. The predicted molar refractivity (Wildman–Crippen MR) is 137 cm³/mol. The van der Waals surface area contributed by atoms with Crippen LogP contribution in [0, 0.1) is 0 Å². The Labute approximate surface area is 194 Å². The minimum Gasteiger partial charge on any atom is -0.0654 e. The standard InChI is InChI=1S/C32H34/c1-3-5-13-27-20-24-31(25-21-27)32(28-14-8-6-9-15-28,29-16-10-7-11-17-29)30-22-18-26(12-4-2)19-23-30/h6-11,14-25H,3-5,12-13H2,1-2H3. The minimum atomic E-state index is -0.351. The maximum atomic E-state index is 2.35. The molecule has 32 heavy (non-hydrogen) atoms. The molecule has 0 heteroatoms. The van der Waals surface area contributed by atoms with Gasteiger partial charge in [0.05, 0.1) is 5.41 Å². The zero-order valence-corrected chi connectivity index (χ0v) is 19.4. The van der Waals surface area contributed by atoms with Crippen molar-refractivity contribution in [1.29, 1.82) is 0 Å². The fraction of sp³-hybridized carbons (Fsp3) is 0.250. The van der Waals surface area contributed by atoms with E-state index in [2.05, 4.69) is 123 Å². The van der Waals surface area contributed by atoms with Crippen LogP contribution >= 0.6 is 0 Å². The summed E-state index contributed by atoms with van der Waals surface area (Å²) in [5, 5.41) is 0. The summed E-state index contributed by atoms with van der Waals surface area (Å²) in [5.74, 6) is 0. The molecule has 0 aromatic heterocycles. The Morgan fingerprint density at radius 2 is 0.844 bits per heavy atom. The molecule has 0 aliphatic rings. The number of hydrogen-bond acceptors (Lipinski definition) is 0. The van der Waals surface area contributed by atoms with E-state index < -0.39 is 0 Å². The molecule has 0 unspecified atom stereocenters. The van der Waals surface area contributed by atoms with Gasteiger partial charge in [-0.05, 0) is 52.6 Å². The number of benzene rings is 4. The van der Waals surface area contributed by atoms with Gasteiger partial charge in [-0.15, -0.1) is 0 Å². The molecule has 0 saturated heterocycles. The van der Waals surface area contributed by atoms with Gasteiger partial charge in [0.1, 0.15) is 0 Å². The van der Waals surface area contributed by atoms with Gasteiger partial charge in [0.15, 0.2) is 0 Å². The van der Waals surface area contributed by atoms with Crippen molar-refractivity contribution in [2.45, 2.75) is 51.4 Å². The Bertz CT molecular complexity index is 1030. The smallest absolute Gasteiger partial charge is 0.0654 e. The molecule has 162 valence electrons. The quantitative estimate of drug-likeness (QED) is 0.239. The first-order valence-corrected chi connectivity index (χ1v) is 12.1. The molecule has 0 atom stereocenters. The van der Waals surface area contributed by atoms with Crippen molar-refractivity contribution in [3.63, 3.8) is 0 Å². The third kappa shape index (κ3) is 4.41. The molecule has 0 aliphatic heterocycles. The fourth-order valence-electron chi connectivity index (χ4n) is 4.89.